The number of rotatable bonds is 7. The second-order valence-corrected chi connectivity index (χ2v) is 7.62. The van der Waals surface area contributed by atoms with Crippen LogP contribution >= 0.6 is 0 Å². The first-order valence-electron chi connectivity index (χ1n) is 10.3. The highest BCUT2D eigenvalue weighted by molar-refractivity contribution is 5.99. The summed E-state index contributed by atoms with van der Waals surface area (Å²) in [6, 6.07) is 4.78. The summed E-state index contributed by atoms with van der Waals surface area (Å²) in [5, 5.41) is 17.9. The molecule has 32 heavy (non-hydrogen) atoms. The minimum absolute atomic E-state index is 0.00202. The zero-order valence-electron chi connectivity index (χ0n) is 17.2. The molecule has 3 atom stereocenters. The van der Waals surface area contributed by atoms with Crippen molar-refractivity contribution in [1.82, 2.24) is 20.7 Å². The molecule has 2 saturated heterocycles. The van der Waals surface area contributed by atoms with E-state index in [1.165, 1.54) is 5.01 Å². The topological polar surface area (TPSA) is 156 Å². The normalized spacial score (nSPS) is 21.8. The molecule has 0 aromatic heterocycles. The van der Waals surface area contributed by atoms with Gasteiger partial charge < -0.3 is 25.3 Å². The summed E-state index contributed by atoms with van der Waals surface area (Å²) < 4.78 is 0. The molecule has 4 amide bonds. The van der Waals surface area contributed by atoms with Crippen LogP contribution in [-0.2, 0) is 24.0 Å². The molecule has 0 unspecified atom stereocenters. The van der Waals surface area contributed by atoms with Gasteiger partial charge in [-0.05, 0) is 31.4 Å². The lowest BCUT2D eigenvalue weighted by Crippen LogP contribution is -2.64. The van der Waals surface area contributed by atoms with Gasteiger partial charge in [-0.3, -0.25) is 24.2 Å². The van der Waals surface area contributed by atoms with Crippen molar-refractivity contribution in [2.24, 2.45) is 0 Å². The largest absolute Gasteiger partial charge is 0.550 e. The molecule has 2 heterocycles. The molecule has 1 aromatic rings. The number of aldehydes is 1. The van der Waals surface area contributed by atoms with E-state index in [0.717, 1.165) is 5.01 Å². The van der Waals surface area contributed by atoms with E-state index in [1.807, 2.05) is 0 Å². The van der Waals surface area contributed by atoms with E-state index < -0.39 is 48.2 Å². The summed E-state index contributed by atoms with van der Waals surface area (Å²) in [4.78, 5) is 73.2. The van der Waals surface area contributed by atoms with Crippen LogP contribution in [0.1, 0.15) is 42.5 Å². The predicted octanol–water partition coefficient (Wildman–Crippen LogP) is -1.86. The first kappa shape index (κ1) is 22.9. The van der Waals surface area contributed by atoms with Crippen molar-refractivity contribution >= 4 is 35.9 Å². The maximum absolute atomic E-state index is 13.3. The Labute approximate surface area is 183 Å². The van der Waals surface area contributed by atoms with E-state index in [2.05, 4.69) is 10.6 Å². The van der Waals surface area contributed by atoms with Gasteiger partial charge in [-0.1, -0.05) is 18.2 Å². The lowest BCUT2D eigenvalue weighted by atomic mass is 10.0. The molecule has 2 fully saturated rings. The maximum atomic E-state index is 13.3. The fourth-order valence-corrected chi connectivity index (χ4v) is 3.83. The van der Waals surface area contributed by atoms with E-state index >= 15 is 0 Å². The second kappa shape index (κ2) is 10.0. The Morgan fingerprint density at radius 3 is 2.53 bits per heavy atom. The fraction of sp³-hybridized carbons (Fsp3) is 0.429. The maximum Gasteiger partial charge on any atom is 0.264 e. The number of hydrogen-bond donors (Lipinski definition) is 2. The number of carboxylic acids is 1. The van der Waals surface area contributed by atoms with Gasteiger partial charge in [0.2, 0.25) is 11.8 Å². The van der Waals surface area contributed by atoms with E-state index in [4.69, 9.17) is 0 Å². The minimum atomic E-state index is -1.52. The Kier molecular flexibility index (Phi) is 7.18. The number of fused-ring (bicyclic) bond motifs is 1. The van der Waals surface area contributed by atoms with E-state index in [-0.39, 0.29) is 38.0 Å². The summed E-state index contributed by atoms with van der Waals surface area (Å²) in [6.07, 6.45) is 0.260. The third-order valence-corrected chi connectivity index (χ3v) is 5.38. The van der Waals surface area contributed by atoms with Crippen LogP contribution in [0.15, 0.2) is 30.3 Å². The van der Waals surface area contributed by atoms with Gasteiger partial charge in [-0.15, -0.1) is 0 Å². The van der Waals surface area contributed by atoms with Crippen LogP contribution in [0, 0.1) is 0 Å². The number of nitrogens with one attached hydrogen (secondary N) is 2. The van der Waals surface area contributed by atoms with Gasteiger partial charge in [-0.2, -0.15) is 0 Å². The monoisotopic (exact) mass is 443 g/mol. The van der Waals surface area contributed by atoms with Gasteiger partial charge in [0.1, 0.15) is 18.4 Å². The number of hydrazine groups is 1. The van der Waals surface area contributed by atoms with Gasteiger partial charge in [0.25, 0.3) is 11.8 Å². The first-order valence-corrected chi connectivity index (χ1v) is 10.3. The summed E-state index contributed by atoms with van der Waals surface area (Å²) in [5.74, 6) is -3.75. The molecule has 0 aliphatic carbocycles. The predicted molar refractivity (Wildman–Crippen MR) is 106 cm³/mol. The van der Waals surface area contributed by atoms with Gasteiger partial charge in [0.05, 0.1) is 6.04 Å². The zero-order chi connectivity index (χ0) is 23.3. The van der Waals surface area contributed by atoms with Crippen LogP contribution in [-0.4, -0.2) is 70.6 Å². The molecule has 2 aliphatic rings. The van der Waals surface area contributed by atoms with E-state index in [1.54, 1.807) is 30.3 Å². The second-order valence-electron chi connectivity index (χ2n) is 7.62. The van der Waals surface area contributed by atoms with Gasteiger partial charge in [-0.25, -0.2) is 5.01 Å². The summed E-state index contributed by atoms with van der Waals surface area (Å²) >= 11 is 0. The summed E-state index contributed by atoms with van der Waals surface area (Å²) in [6.45, 7) is 0.226. The Morgan fingerprint density at radius 2 is 1.88 bits per heavy atom. The molecule has 1 aromatic carbocycles. The molecule has 11 nitrogen and oxygen atoms in total. The Balaban J connectivity index is 1.81. The highest BCUT2D eigenvalue weighted by Crippen LogP contribution is 2.25. The number of amides is 4. The number of aliphatic carboxylic acids is 1. The van der Waals surface area contributed by atoms with Crippen molar-refractivity contribution in [1.29, 1.82) is 0 Å². The zero-order valence-corrected chi connectivity index (χ0v) is 17.2. The molecule has 11 heteroatoms. The van der Waals surface area contributed by atoms with Crippen LogP contribution in [0.4, 0.5) is 0 Å². The van der Waals surface area contributed by atoms with Crippen molar-refractivity contribution in [3.05, 3.63) is 35.9 Å². The first-order chi connectivity index (χ1) is 15.3. The molecule has 2 N–H and O–H groups in total. The number of hydrogen-bond acceptors (Lipinski definition) is 7. The van der Waals surface area contributed by atoms with Crippen molar-refractivity contribution in [3.8, 4) is 0 Å². The SMILES string of the molecule is O=C[C@H](CC(=O)[O-])NC(=O)[C@@H]1CCCN2C(=O)CC[C@H](NC(=O)c3ccccc3)C(=O)N12. The lowest BCUT2D eigenvalue weighted by Gasteiger charge is -2.43. The number of carboxylic acid groups (broad SMARTS) is 1. The van der Waals surface area contributed by atoms with Crippen LogP contribution in [0.25, 0.3) is 0 Å². The number of benzene rings is 1. The van der Waals surface area contributed by atoms with Gasteiger partial charge in [0, 0.05) is 30.9 Å². The molecular formula is C21H23N4O7-. The Morgan fingerprint density at radius 1 is 1.16 bits per heavy atom. The average molecular weight is 443 g/mol. The van der Waals surface area contributed by atoms with Crippen molar-refractivity contribution in [2.45, 2.75) is 50.2 Å². The molecule has 0 spiro atoms. The number of carbonyl (C=O) groups excluding carboxylic acids is 6. The summed E-state index contributed by atoms with van der Waals surface area (Å²) in [7, 11) is 0. The third-order valence-electron chi connectivity index (χ3n) is 5.38. The lowest BCUT2D eigenvalue weighted by molar-refractivity contribution is -0.306. The smallest absolute Gasteiger partial charge is 0.264 e. The quantitative estimate of drug-likeness (QED) is 0.468. The van der Waals surface area contributed by atoms with Crippen LogP contribution in [0.5, 0.6) is 0 Å². The Hall–Kier alpha value is -3.76. The third kappa shape index (κ3) is 5.10. The van der Waals surface area contributed by atoms with Gasteiger partial charge in [0.15, 0.2) is 0 Å². The standard InChI is InChI=1S/C21H24N4O7/c26-12-14(11-18(28)29)22-20(31)16-7-4-10-24-17(27)9-8-15(21(32)25(16)24)23-19(30)13-5-2-1-3-6-13/h1-3,5-6,12,14-16H,4,7-11H2,(H,22,31)(H,23,30)(H,28,29)/p-1/t14-,15-,16-/m0/s1. The highest BCUT2D eigenvalue weighted by atomic mass is 16.4. The van der Waals surface area contributed by atoms with E-state index in [9.17, 15) is 33.9 Å². The van der Waals surface area contributed by atoms with Crippen molar-refractivity contribution in [2.75, 3.05) is 6.54 Å². The van der Waals surface area contributed by atoms with Crippen molar-refractivity contribution < 1.29 is 33.9 Å². The highest BCUT2D eigenvalue weighted by Gasteiger charge is 2.44. The molecule has 170 valence electrons. The molecule has 0 saturated carbocycles. The minimum Gasteiger partial charge on any atom is -0.550 e. The molecule has 0 radical (unpaired) electrons. The average Bonchev–Trinajstić information content (AvgIpc) is 2.90. The molecular weight excluding hydrogens is 420 g/mol. The van der Waals surface area contributed by atoms with Crippen LogP contribution in [0.2, 0.25) is 0 Å². The van der Waals surface area contributed by atoms with Crippen molar-refractivity contribution in [3.63, 3.8) is 0 Å². The fourth-order valence-electron chi connectivity index (χ4n) is 3.83. The van der Waals surface area contributed by atoms with E-state index in [0.29, 0.717) is 12.0 Å². The number of carbonyl (C=O) groups is 6. The van der Waals surface area contributed by atoms with Gasteiger partial charge >= 0.3 is 0 Å². The number of nitrogens with zero attached hydrogens (tertiary/aromatic N) is 2. The summed E-state index contributed by atoms with van der Waals surface area (Å²) in [5.41, 5.74) is 0.344. The molecule has 2 aliphatic heterocycles. The van der Waals surface area contributed by atoms with Crippen LogP contribution in [0.3, 0.4) is 0 Å². The van der Waals surface area contributed by atoms with Crippen LogP contribution < -0.4 is 15.7 Å². The molecule has 0 bridgehead atoms. The Bertz CT molecular complexity index is 920. The molecule has 3 rings (SSSR count).